The van der Waals surface area contributed by atoms with Crippen LogP contribution in [0.4, 0.5) is 20.2 Å². The molecule has 3 aromatic carbocycles. The molecule has 1 atom stereocenters. The second-order valence-corrected chi connectivity index (χ2v) is 8.29. The zero-order valence-electron chi connectivity index (χ0n) is 17.2. The third kappa shape index (κ3) is 4.75. The van der Waals surface area contributed by atoms with E-state index in [0.717, 1.165) is 23.3 Å². The van der Waals surface area contributed by atoms with E-state index in [9.17, 15) is 18.4 Å². The lowest BCUT2D eigenvalue weighted by Crippen LogP contribution is -2.28. The maximum Gasteiger partial charge on any atom is 0.238 e. The Morgan fingerprint density at radius 3 is 2.62 bits per heavy atom. The number of hydrogen-bond acceptors (Lipinski definition) is 4. The normalized spacial score (nSPS) is 15.7. The second-order valence-electron chi connectivity index (χ2n) is 7.22. The number of benzene rings is 3. The summed E-state index contributed by atoms with van der Waals surface area (Å²) in [5.74, 6) is -1.07. The molecule has 0 aliphatic carbocycles. The van der Waals surface area contributed by atoms with Crippen molar-refractivity contribution in [3.05, 3.63) is 89.5 Å². The molecule has 3 aromatic rings. The molecule has 164 valence electrons. The van der Waals surface area contributed by atoms with Crippen molar-refractivity contribution in [3.63, 3.8) is 0 Å². The molecule has 1 fully saturated rings. The number of carbonyl (C=O) groups excluding carboxylic acids is 2. The highest BCUT2D eigenvalue weighted by atomic mass is 32.2. The number of carbonyl (C=O) groups is 2. The number of nitrogens with one attached hydrogen (secondary N) is 1. The van der Waals surface area contributed by atoms with Crippen LogP contribution in [0.5, 0.6) is 5.75 Å². The summed E-state index contributed by atoms with van der Waals surface area (Å²) in [7, 11) is 1.58. The number of thioether (sulfide) groups is 1. The fraction of sp³-hybridized carbons (Fsp3) is 0.167. The molecule has 1 aliphatic heterocycles. The van der Waals surface area contributed by atoms with E-state index in [1.807, 2.05) is 18.2 Å². The Bertz CT molecular complexity index is 1150. The molecule has 2 amide bonds. The average Bonchev–Trinajstić information content (AvgIpc) is 3.15. The predicted molar refractivity (Wildman–Crippen MR) is 121 cm³/mol. The summed E-state index contributed by atoms with van der Waals surface area (Å²) in [6, 6.07) is 17.5. The van der Waals surface area contributed by atoms with Gasteiger partial charge >= 0.3 is 0 Å². The minimum Gasteiger partial charge on any atom is -0.497 e. The van der Waals surface area contributed by atoms with Gasteiger partial charge in [0.15, 0.2) is 0 Å². The van der Waals surface area contributed by atoms with Crippen LogP contribution in [0.2, 0.25) is 0 Å². The topological polar surface area (TPSA) is 58.6 Å². The van der Waals surface area contributed by atoms with E-state index in [4.69, 9.17) is 4.74 Å². The molecule has 0 spiro atoms. The second kappa shape index (κ2) is 9.40. The van der Waals surface area contributed by atoms with Crippen molar-refractivity contribution in [2.45, 2.75) is 11.8 Å². The lowest BCUT2D eigenvalue weighted by atomic mass is 10.1. The first-order valence-corrected chi connectivity index (χ1v) is 10.9. The number of anilines is 2. The first-order chi connectivity index (χ1) is 15.4. The number of ether oxygens (including phenoxy) is 1. The summed E-state index contributed by atoms with van der Waals surface area (Å²) < 4.78 is 32.8. The first kappa shape index (κ1) is 21.8. The van der Waals surface area contributed by atoms with Crippen molar-refractivity contribution < 1.29 is 23.1 Å². The number of hydrogen-bond donors (Lipinski definition) is 1. The summed E-state index contributed by atoms with van der Waals surface area (Å²) in [6.07, 6.45) is 0.192. The quantitative estimate of drug-likeness (QED) is 0.574. The van der Waals surface area contributed by atoms with Gasteiger partial charge in [0, 0.05) is 11.8 Å². The van der Waals surface area contributed by atoms with Gasteiger partial charge < -0.3 is 10.1 Å². The molecular weight excluding hydrogens is 434 g/mol. The van der Waals surface area contributed by atoms with Crippen molar-refractivity contribution >= 4 is 35.0 Å². The summed E-state index contributed by atoms with van der Waals surface area (Å²) in [5.41, 5.74) is 2.17. The first-order valence-electron chi connectivity index (χ1n) is 9.86. The highest BCUT2D eigenvalue weighted by Crippen LogP contribution is 2.43. The maximum absolute atomic E-state index is 14.4. The van der Waals surface area contributed by atoms with Gasteiger partial charge in [0.1, 0.15) is 22.8 Å². The highest BCUT2D eigenvalue weighted by Gasteiger charge is 2.35. The molecule has 0 aromatic heterocycles. The van der Waals surface area contributed by atoms with Crippen LogP contribution in [0.15, 0.2) is 66.7 Å². The van der Waals surface area contributed by atoms with E-state index in [1.165, 1.54) is 22.7 Å². The molecule has 0 saturated carbocycles. The number of amides is 2. The summed E-state index contributed by atoms with van der Waals surface area (Å²) in [4.78, 5) is 26.3. The Morgan fingerprint density at radius 1 is 1.12 bits per heavy atom. The Morgan fingerprint density at radius 2 is 1.91 bits per heavy atom. The average molecular weight is 454 g/mol. The SMILES string of the molecule is COc1ccc(CC(=O)Nc2cccc([C@@H]3SCC(=O)N3c3ccc(F)cc3F)c2)cc1. The number of methoxy groups -OCH3 is 1. The smallest absolute Gasteiger partial charge is 0.238 e. The standard InChI is InChI=1S/C24H20F2N2O3S/c1-31-19-8-5-15(6-9-19)11-22(29)27-18-4-2-3-16(12-18)24-28(23(30)14-32-24)21-10-7-17(25)13-20(21)26/h2-10,12-13,24H,11,14H2,1H3,(H,27,29)/t24-/m0/s1. The van der Waals surface area contributed by atoms with Crippen LogP contribution >= 0.6 is 11.8 Å². The molecule has 1 N–H and O–H groups in total. The summed E-state index contributed by atoms with van der Waals surface area (Å²) in [6.45, 7) is 0. The van der Waals surface area contributed by atoms with Crippen LogP contribution in [0.25, 0.3) is 0 Å². The predicted octanol–water partition coefficient (Wildman–Crippen LogP) is 4.93. The van der Waals surface area contributed by atoms with Crippen LogP contribution in [0, 0.1) is 11.6 Å². The van der Waals surface area contributed by atoms with E-state index in [1.54, 1.807) is 37.4 Å². The van der Waals surface area contributed by atoms with Crippen molar-refractivity contribution in [2.24, 2.45) is 0 Å². The van der Waals surface area contributed by atoms with Crippen molar-refractivity contribution in [2.75, 3.05) is 23.1 Å². The molecule has 1 aliphatic rings. The third-order valence-corrected chi connectivity index (χ3v) is 6.23. The van der Waals surface area contributed by atoms with Gasteiger partial charge in [-0.15, -0.1) is 11.8 Å². The molecule has 1 saturated heterocycles. The van der Waals surface area contributed by atoms with Gasteiger partial charge in [-0.2, -0.15) is 0 Å². The van der Waals surface area contributed by atoms with Crippen LogP contribution in [-0.2, 0) is 16.0 Å². The maximum atomic E-state index is 14.4. The van der Waals surface area contributed by atoms with E-state index in [2.05, 4.69) is 5.32 Å². The van der Waals surface area contributed by atoms with Gasteiger partial charge in [0.05, 0.1) is 25.0 Å². The van der Waals surface area contributed by atoms with Gasteiger partial charge in [-0.25, -0.2) is 8.78 Å². The molecule has 32 heavy (non-hydrogen) atoms. The zero-order chi connectivity index (χ0) is 22.7. The van der Waals surface area contributed by atoms with E-state index in [-0.39, 0.29) is 29.7 Å². The Hall–Kier alpha value is -3.39. The number of nitrogens with zero attached hydrogens (tertiary/aromatic N) is 1. The fourth-order valence-electron chi connectivity index (χ4n) is 3.51. The molecule has 4 rings (SSSR count). The monoisotopic (exact) mass is 454 g/mol. The Kier molecular flexibility index (Phi) is 6.41. The van der Waals surface area contributed by atoms with E-state index in [0.29, 0.717) is 11.4 Å². The van der Waals surface area contributed by atoms with Crippen LogP contribution in [0.1, 0.15) is 16.5 Å². The van der Waals surface area contributed by atoms with E-state index >= 15 is 0 Å². The lowest BCUT2D eigenvalue weighted by Gasteiger charge is -2.25. The Labute approximate surface area is 188 Å². The highest BCUT2D eigenvalue weighted by molar-refractivity contribution is 8.00. The molecule has 8 heteroatoms. The minimum absolute atomic E-state index is 0.0281. The molecule has 5 nitrogen and oxygen atoms in total. The minimum atomic E-state index is -0.796. The van der Waals surface area contributed by atoms with Gasteiger partial charge in [0.25, 0.3) is 0 Å². The largest absolute Gasteiger partial charge is 0.497 e. The summed E-state index contributed by atoms with van der Waals surface area (Å²) >= 11 is 1.34. The van der Waals surface area contributed by atoms with Crippen molar-refractivity contribution in [1.82, 2.24) is 0 Å². The van der Waals surface area contributed by atoms with Crippen molar-refractivity contribution in [3.8, 4) is 5.75 Å². The van der Waals surface area contributed by atoms with Gasteiger partial charge in [0.2, 0.25) is 11.8 Å². The molecule has 1 heterocycles. The summed E-state index contributed by atoms with van der Waals surface area (Å²) in [5, 5.41) is 2.38. The van der Waals surface area contributed by atoms with Gasteiger partial charge in [-0.3, -0.25) is 14.5 Å². The molecule has 0 radical (unpaired) electrons. The number of rotatable bonds is 6. The van der Waals surface area contributed by atoms with Crippen LogP contribution in [0.3, 0.4) is 0 Å². The van der Waals surface area contributed by atoms with Gasteiger partial charge in [-0.1, -0.05) is 24.3 Å². The molecular formula is C24H20F2N2O3S. The van der Waals surface area contributed by atoms with E-state index < -0.39 is 17.0 Å². The molecule has 0 bridgehead atoms. The Balaban J connectivity index is 1.51. The van der Waals surface area contributed by atoms with Crippen LogP contribution < -0.4 is 15.0 Å². The molecule has 0 unspecified atom stereocenters. The zero-order valence-corrected chi connectivity index (χ0v) is 18.0. The third-order valence-electron chi connectivity index (χ3n) is 5.02. The van der Waals surface area contributed by atoms with Crippen molar-refractivity contribution in [1.29, 1.82) is 0 Å². The lowest BCUT2D eigenvalue weighted by molar-refractivity contribution is -0.116. The van der Waals surface area contributed by atoms with Crippen LogP contribution in [-0.4, -0.2) is 24.7 Å². The van der Waals surface area contributed by atoms with Gasteiger partial charge in [-0.05, 0) is 47.5 Å². The fourth-order valence-corrected chi connectivity index (χ4v) is 4.67. The number of halogens is 2.